The number of esters is 1. The summed E-state index contributed by atoms with van der Waals surface area (Å²) in [6, 6.07) is 10.9. The summed E-state index contributed by atoms with van der Waals surface area (Å²) in [6.45, 7) is -0.163. The normalized spacial score (nSPS) is 32.9. The molecule has 4 heterocycles. The highest BCUT2D eigenvalue weighted by Gasteiger charge is 2.51. The second-order valence-corrected chi connectivity index (χ2v) is 15.4. The van der Waals surface area contributed by atoms with Crippen LogP contribution in [0.2, 0.25) is 0 Å². The number of carbonyl (C=O) groups is 1. The van der Waals surface area contributed by atoms with Crippen LogP contribution in [-0.2, 0) is 28.5 Å². The molecule has 13 N–H and O–H groups in total. The summed E-state index contributed by atoms with van der Waals surface area (Å²) in [6.07, 6.45) is -24.4. The van der Waals surface area contributed by atoms with Gasteiger partial charge in [0.15, 0.2) is 29.7 Å². The molecule has 0 spiro atoms. The zero-order chi connectivity index (χ0) is 47.0. The maximum Gasteiger partial charge on any atom is 0.330 e. The molecule has 3 aliphatic heterocycles. The SMILES string of the molecule is C[C@@H]1O[C@H](Oc2c(-c3ccc(O)c(O)c3)oc3cc(O[C@H]4O[C@H](CO)[C@H](O)[C@@H](O)[C@H]4O)cc(O)c3c2=O)[C@@H](O[C@@H]2O[C@@H](COC(=O)/C=C/c3ccc(O)cc3)[C@@H](O)[C@H](O)[C@H]2O)[C@H](O)[C@H]1O. The molecule has 0 unspecified atom stereocenters. The van der Waals surface area contributed by atoms with Crippen molar-refractivity contribution in [2.75, 3.05) is 13.2 Å². The van der Waals surface area contributed by atoms with Crippen molar-refractivity contribution in [1.82, 2.24) is 0 Å². The third kappa shape index (κ3) is 9.83. The third-order valence-electron chi connectivity index (χ3n) is 10.9. The van der Waals surface area contributed by atoms with Gasteiger partial charge < -0.3 is 104 Å². The topological polar surface area (TPSA) is 375 Å². The van der Waals surface area contributed by atoms with Crippen LogP contribution >= 0.6 is 0 Å². The number of hydrogen-bond acceptors (Lipinski definition) is 23. The van der Waals surface area contributed by atoms with Gasteiger partial charge in [0.25, 0.3) is 0 Å². The fourth-order valence-corrected chi connectivity index (χ4v) is 7.23. The Kier molecular flexibility index (Phi) is 14.2. The molecule has 1 aromatic heterocycles. The molecule has 352 valence electrons. The largest absolute Gasteiger partial charge is 0.508 e. The number of benzene rings is 3. The fraction of sp³-hybridized carbons (Fsp3) is 0.429. The maximum absolute atomic E-state index is 14.4. The number of phenols is 4. The van der Waals surface area contributed by atoms with E-state index in [0.29, 0.717) is 5.56 Å². The molecule has 3 fully saturated rings. The van der Waals surface area contributed by atoms with Crippen LogP contribution in [-0.4, -0.2) is 178 Å². The quantitative estimate of drug-likeness (QED) is 0.0406. The Balaban J connectivity index is 1.19. The Hall–Kier alpha value is -5.64. The van der Waals surface area contributed by atoms with Crippen molar-refractivity contribution in [1.29, 1.82) is 0 Å². The van der Waals surface area contributed by atoms with Gasteiger partial charge in [-0.25, -0.2) is 4.79 Å². The lowest BCUT2D eigenvalue weighted by Crippen LogP contribution is -2.64. The molecule has 23 nitrogen and oxygen atoms in total. The Labute approximate surface area is 365 Å². The first kappa shape index (κ1) is 47.3. The Morgan fingerprint density at radius 2 is 1.34 bits per heavy atom. The lowest BCUT2D eigenvalue weighted by atomic mass is 9.97. The van der Waals surface area contributed by atoms with E-state index in [1.54, 1.807) is 0 Å². The summed E-state index contributed by atoms with van der Waals surface area (Å²) in [4.78, 5) is 26.9. The molecule has 4 aromatic rings. The van der Waals surface area contributed by atoms with E-state index < -0.39 is 156 Å². The van der Waals surface area contributed by atoms with E-state index in [0.717, 1.165) is 30.3 Å². The van der Waals surface area contributed by atoms with Crippen LogP contribution in [0.5, 0.6) is 34.5 Å². The van der Waals surface area contributed by atoms with Crippen molar-refractivity contribution in [3.8, 4) is 45.8 Å². The second kappa shape index (κ2) is 19.4. The minimum Gasteiger partial charge on any atom is -0.508 e. The highest BCUT2D eigenvalue weighted by Crippen LogP contribution is 2.41. The van der Waals surface area contributed by atoms with E-state index in [1.165, 1.54) is 43.3 Å². The van der Waals surface area contributed by atoms with Gasteiger partial charge in [-0.2, -0.15) is 0 Å². The molecule has 0 amide bonds. The first-order chi connectivity index (χ1) is 30.9. The Morgan fingerprint density at radius 3 is 2.02 bits per heavy atom. The van der Waals surface area contributed by atoms with E-state index >= 15 is 0 Å². The molecular formula is C42H46O23. The van der Waals surface area contributed by atoms with Gasteiger partial charge in [0.1, 0.15) is 95.9 Å². The van der Waals surface area contributed by atoms with Gasteiger partial charge in [0.05, 0.1) is 12.7 Å². The fourth-order valence-electron chi connectivity index (χ4n) is 7.23. The van der Waals surface area contributed by atoms with Gasteiger partial charge in [-0.15, -0.1) is 0 Å². The average Bonchev–Trinajstić information content (AvgIpc) is 3.28. The van der Waals surface area contributed by atoms with Crippen LogP contribution in [0.25, 0.3) is 28.4 Å². The molecule has 0 bridgehead atoms. The summed E-state index contributed by atoms with van der Waals surface area (Å²) in [5.74, 6) is -4.66. The monoisotopic (exact) mass is 918 g/mol. The number of aliphatic hydroxyl groups is 9. The van der Waals surface area contributed by atoms with Gasteiger partial charge in [-0.3, -0.25) is 4.79 Å². The molecule has 23 heteroatoms. The number of rotatable bonds is 12. The summed E-state index contributed by atoms with van der Waals surface area (Å²) >= 11 is 0. The number of hydrogen-bond donors (Lipinski definition) is 13. The highest BCUT2D eigenvalue weighted by molar-refractivity contribution is 5.89. The zero-order valence-electron chi connectivity index (χ0n) is 33.8. The van der Waals surface area contributed by atoms with Crippen LogP contribution in [0.4, 0.5) is 0 Å². The van der Waals surface area contributed by atoms with Crippen molar-refractivity contribution in [3.63, 3.8) is 0 Å². The van der Waals surface area contributed by atoms with Crippen molar-refractivity contribution in [2.24, 2.45) is 0 Å². The average molecular weight is 919 g/mol. The van der Waals surface area contributed by atoms with E-state index in [1.807, 2.05) is 0 Å². The molecule has 65 heavy (non-hydrogen) atoms. The van der Waals surface area contributed by atoms with Crippen LogP contribution in [0.3, 0.4) is 0 Å². The number of fused-ring (bicyclic) bond motifs is 1. The van der Waals surface area contributed by atoms with Gasteiger partial charge in [0.2, 0.25) is 23.8 Å². The minimum atomic E-state index is -2.06. The Morgan fingerprint density at radius 1 is 0.677 bits per heavy atom. The summed E-state index contributed by atoms with van der Waals surface area (Å²) in [5, 5.41) is 136. The molecule has 3 aliphatic rings. The third-order valence-corrected chi connectivity index (χ3v) is 10.9. The van der Waals surface area contributed by atoms with Crippen molar-refractivity contribution in [2.45, 2.75) is 99.0 Å². The van der Waals surface area contributed by atoms with Crippen molar-refractivity contribution in [3.05, 3.63) is 76.5 Å². The Bertz CT molecular complexity index is 2400. The van der Waals surface area contributed by atoms with Gasteiger partial charge >= 0.3 is 5.97 Å². The number of ether oxygens (including phenoxy) is 7. The van der Waals surface area contributed by atoms with Crippen LogP contribution in [0.15, 0.2) is 69.9 Å². The van der Waals surface area contributed by atoms with Crippen LogP contribution in [0, 0.1) is 0 Å². The van der Waals surface area contributed by atoms with E-state index in [9.17, 15) is 76.0 Å². The first-order valence-electron chi connectivity index (χ1n) is 19.9. The number of phenolic OH excluding ortho intramolecular Hbond substituents is 4. The lowest BCUT2D eigenvalue weighted by molar-refractivity contribution is -0.355. The van der Waals surface area contributed by atoms with Crippen LogP contribution in [0.1, 0.15) is 12.5 Å². The van der Waals surface area contributed by atoms with Crippen molar-refractivity contribution >= 4 is 23.0 Å². The van der Waals surface area contributed by atoms with Gasteiger partial charge in [0, 0.05) is 23.8 Å². The van der Waals surface area contributed by atoms with Gasteiger partial charge in [-0.05, 0) is 48.9 Å². The smallest absolute Gasteiger partial charge is 0.330 e. The summed E-state index contributed by atoms with van der Waals surface area (Å²) in [5.41, 5.74) is -1.19. The summed E-state index contributed by atoms with van der Waals surface area (Å²) in [7, 11) is 0. The van der Waals surface area contributed by atoms with Crippen molar-refractivity contribution < 1.29 is 109 Å². The minimum absolute atomic E-state index is 0.000991. The second-order valence-electron chi connectivity index (χ2n) is 15.4. The zero-order valence-corrected chi connectivity index (χ0v) is 33.8. The predicted molar refractivity (Wildman–Crippen MR) is 214 cm³/mol. The molecule has 0 saturated carbocycles. The lowest BCUT2D eigenvalue weighted by Gasteiger charge is -2.45. The molecule has 3 saturated heterocycles. The number of aromatic hydroxyl groups is 4. The molecular weight excluding hydrogens is 872 g/mol. The molecule has 0 aliphatic carbocycles. The highest BCUT2D eigenvalue weighted by atomic mass is 16.8. The molecule has 15 atom stereocenters. The van der Waals surface area contributed by atoms with E-state index in [2.05, 4.69) is 0 Å². The standard InChI is InChI=1S/C42H46O23/c1-15-28(49)34(55)39(65-41-36(57)33(54)30(51)25(63-41)14-58-26(48)9-4-16-2-6-18(44)7-3-16)42(59-15)64-38-31(52)27-22(47)11-19(60-40-35(56)32(53)29(50)24(13-43)62-40)12-23(27)61-37(38)17-5-8-20(45)21(46)10-17/h2-12,15,24-25,28-30,32-36,39-47,49-51,53-57H,13-14H2,1H3/b9-4+/t15-,24+,25-,28-,29-,30+,32+,33-,34+,35+,36+,39-,40-,41-,42+/m0/s1. The molecule has 3 aromatic carbocycles. The van der Waals surface area contributed by atoms with Crippen LogP contribution < -0.4 is 14.9 Å². The summed E-state index contributed by atoms with van der Waals surface area (Å²) < 4.78 is 45.6. The predicted octanol–water partition coefficient (Wildman–Crippen LogP) is -2.24. The first-order valence-corrected chi connectivity index (χ1v) is 19.9. The maximum atomic E-state index is 14.4. The molecule has 7 rings (SSSR count). The van der Waals surface area contributed by atoms with E-state index in [-0.39, 0.29) is 17.1 Å². The van der Waals surface area contributed by atoms with E-state index in [4.69, 9.17) is 37.6 Å². The molecule has 0 radical (unpaired) electrons. The number of carbonyl (C=O) groups excluding carboxylic acids is 1. The number of aliphatic hydroxyl groups excluding tert-OH is 9. The van der Waals surface area contributed by atoms with Gasteiger partial charge in [-0.1, -0.05) is 12.1 Å².